The van der Waals surface area contributed by atoms with Crippen LogP contribution >= 0.6 is 15.9 Å². The molecule has 0 aliphatic rings. The van der Waals surface area contributed by atoms with Crippen molar-refractivity contribution in [2.75, 3.05) is 5.32 Å². The first-order chi connectivity index (χ1) is 10.0. The molecule has 2 aromatic carbocycles. The van der Waals surface area contributed by atoms with Crippen molar-refractivity contribution in [2.45, 2.75) is 13.5 Å². The van der Waals surface area contributed by atoms with Gasteiger partial charge in [-0.25, -0.2) is 4.79 Å². The van der Waals surface area contributed by atoms with Crippen LogP contribution in [0.2, 0.25) is 0 Å². The second kappa shape index (κ2) is 7.04. The van der Waals surface area contributed by atoms with Crippen molar-refractivity contribution in [3.63, 3.8) is 0 Å². The number of hydrogen-bond acceptors (Lipinski definition) is 2. The van der Waals surface area contributed by atoms with Crippen molar-refractivity contribution in [2.24, 2.45) is 0 Å². The van der Waals surface area contributed by atoms with Gasteiger partial charge in [-0.05, 0) is 36.8 Å². The molecule has 2 N–H and O–H groups in total. The predicted octanol–water partition coefficient (Wildman–Crippen LogP) is 3.97. The fraction of sp³-hybridized carbons (Fsp3) is 0.125. The highest BCUT2D eigenvalue weighted by Crippen LogP contribution is 2.12. The minimum Gasteiger partial charge on any atom is -0.334 e. The monoisotopic (exact) mass is 346 g/mol. The number of nitrogens with one attached hydrogen (secondary N) is 2. The predicted molar refractivity (Wildman–Crippen MR) is 86.4 cm³/mol. The van der Waals surface area contributed by atoms with Crippen molar-refractivity contribution in [1.82, 2.24) is 5.32 Å². The molecule has 108 valence electrons. The van der Waals surface area contributed by atoms with E-state index in [0.717, 1.165) is 10.0 Å². The topological polar surface area (TPSA) is 58.2 Å². The average Bonchev–Trinajstić information content (AvgIpc) is 2.47. The van der Waals surface area contributed by atoms with Gasteiger partial charge in [0, 0.05) is 22.3 Å². The number of amides is 2. The largest absolute Gasteiger partial charge is 0.334 e. The van der Waals surface area contributed by atoms with Crippen LogP contribution in [-0.2, 0) is 6.54 Å². The summed E-state index contributed by atoms with van der Waals surface area (Å²) in [6, 6.07) is 14.2. The van der Waals surface area contributed by atoms with E-state index in [4.69, 9.17) is 0 Å². The zero-order valence-electron chi connectivity index (χ0n) is 11.5. The fourth-order valence-corrected chi connectivity index (χ4v) is 2.04. The minimum atomic E-state index is -0.307. The average molecular weight is 347 g/mol. The molecule has 0 bridgehead atoms. The number of Topliss-reactive ketones (excluding diaryl/α,β-unsaturated/α-hetero) is 1. The summed E-state index contributed by atoms with van der Waals surface area (Å²) in [4.78, 5) is 23.1. The quantitative estimate of drug-likeness (QED) is 0.822. The van der Waals surface area contributed by atoms with E-state index in [1.807, 2.05) is 24.3 Å². The number of rotatable bonds is 4. The number of halogens is 1. The van der Waals surface area contributed by atoms with Crippen LogP contribution in [0.4, 0.5) is 10.5 Å². The SMILES string of the molecule is CC(=O)c1cccc(NC(=O)NCc2ccc(Br)cc2)c1. The Morgan fingerprint density at radius 3 is 2.48 bits per heavy atom. The first kappa shape index (κ1) is 15.3. The van der Waals surface area contributed by atoms with Gasteiger partial charge >= 0.3 is 6.03 Å². The summed E-state index contributed by atoms with van der Waals surface area (Å²) in [5.41, 5.74) is 2.17. The van der Waals surface area contributed by atoms with Crippen molar-refractivity contribution >= 4 is 33.4 Å². The lowest BCUT2D eigenvalue weighted by Crippen LogP contribution is -2.28. The van der Waals surface area contributed by atoms with Gasteiger partial charge in [-0.15, -0.1) is 0 Å². The Hall–Kier alpha value is -2.14. The molecule has 2 rings (SSSR count). The van der Waals surface area contributed by atoms with Crippen LogP contribution < -0.4 is 10.6 Å². The van der Waals surface area contributed by atoms with Crippen LogP contribution in [0.5, 0.6) is 0 Å². The van der Waals surface area contributed by atoms with Gasteiger partial charge in [-0.1, -0.05) is 40.2 Å². The van der Waals surface area contributed by atoms with E-state index in [1.54, 1.807) is 24.3 Å². The van der Waals surface area contributed by atoms with Gasteiger partial charge in [0.15, 0.2) is 5.78 Å². The lowest BCUT2D eigenvalue weighted by atomic mass is 10.1. The molecule has 0 spiro atoms. The number of hydrogen-bond donors (Lipinski definition) is 2. The highest BCUT2D eigenvalue weighted by Gasteiger charge is 2.04. The van der Waals surface area contributed by atoms with E-state index >= 15 is 0 Å². The van der Waals surface area contributed by atoms with E-state index < -0.39 is 0 Å². The van der Waals surface area contributed by atoms with E-state index in [0.29, 0.717) is 17.8 Å². The maximum Gasteiger partial charge on any atom is 0.319 e. The molecule has 21 heavy (non-hydrogen) atoms. The van der Waals surface area contributed by atoms with Gasteiger partial charge in [-0.3, -0.25) is 4.79 Å². The number of benzene rings is 2. The number of carbonyl (C=O) groups excluding carboxylic acids is 2. The van der Waals surface area contributed by atoms with E-state index in [1.165, 1.54) is 6.92 Å². The van der Waals surface area contributed by atoms with Crippen LogP contribution in [-0.4, -0.2) is 11.8 Å². The molecule has 0 saturated heterocycles. The zero-order chi connectivity index (χ0) is 15.2. The third-order valence-electron chi connectivity index (χ3n) is 2.89. The van der Waals surface area contributed by atoms with Crippen LogP contribution in [0.3, 0.4) is 0 Å². The number of carbonyl (C=O) groups is 2. The fourth-order valence-electron chi connectivity index (χ4n) is 1.78. The molecule has 0 aromatic heterocycles. The first-order valence-corrected chi connectivity index (χ1v) is 7.24. The van der Waals surface area contributed by atoms with Crippen LogP contribution in [0.1, 0.15) is 22.8 Å². The Labute approximate surface area is 131 Å². The Morgan fingerprint density at radius 2 is 1.81 bits per heavy atom. The van der Waals surface area contributed by atoms with Gasteiger partial charge in [0.2, 0.25) is 0 Å². The van der Waals surface area contributed by atoms with Crippen LogP contribution in [0.15, 0.2) is 53.0 Å². The molecule has 0 radical (unpaired) electrons. The van der Waals surface area contributed by atoms with Crippen LogP contribution in [0, 0.1) is 0 Å². The third-order valence-corrected chi connectivity index (χ3v) is 3.42. The highest BCUT2D eigenvalue weighted by molar-refractivity contribution is 9.10. The summed E-state index contributed by atoms with van der Waals surface area (Å²) in [5, 5.41) is 5.47. The van der Waals surface area contributed by atoms with E-state index in [-0.39, 0.29) is 11.8 Å². The van der Waals surface area contributed by atoms with Gasteiger partial charge in [-0.2, -0.15) is 0 Å². The maximum atomic E-state index is 11.8. The molecule has 5 heteroatoms. The van der Waals surface area contributed by atoms with Gasteiger partial charge in [0.05, 0.1) is 0 Å². The lowest BCUT2D eigenvalue weighted by molar-refractivity contribution is 0.101. The van der Waals surface area contributed by atoms with Gasteiger partial charge < -0.3 is 10.6 Å². The number of anilines is 1. The summed E-state index contributed by atoms with van der Waals surface area (Å²) in [7, 11) is 0. The Balaban J connectivity index is 1.91. The summed E-state index contributed by atoms with van der Waals surface area (Å²) >= 11 is 3.36. The number of ketones is 1. The molecule has 0 aliphatic carbocycles. The van der Waals surface area contributed by atoms with Gasteiger partial charge in [0.1, 0.15) is 0 Å². The molecule has 0 saturated carbocycles. The molecule has 0 heterocycles. The highest BCUT2D eigenvalue weighted by atomic mass is 79.9. The molecular weight excluding hydrogens is 332 g/mol. The van der Waals surface area contributed by atoms with Crippen LogP contribution in [0.25, 0.3) is 0 Å². The van der Waals surface area contributed by atoms with Crippen molar-refractivity contribution < 1.29 is 9.59 Å². The Bertz CT molecular complexity index is 654. The van der Waals surface area contributed by atoms with Crippen molar-refractivity contribution in [3.8, 4) is 0 Å². The van der Waals surface area contributed by atoms with E-state index in [9.17, 15) is 9.59 Å². The Kier molecular flexibility index (Phi) is 5.11. The molecule has 2 aromatic rings. The first-order valence-electron chi connectivity index (χ1n) is 6.45. The molecule has 0 atom stereocenters. The summed E-state index contributed by atoms with van der Waals surface area (Å²) in [6.07, 6.45) is 0. The molecule has 0 unspecified atom stereocenters. The molecule has 4 nitrogen and oxygen atoms in total. The Morgan fingerprint density at radius 1 is 1.10 bits per heavy atom. The molecule has 0 aliphatic heterocycles. The summed E-state index contributed by atoms with van der Waals surface area (Å²) in [5.74, 6) is -0.0334. The second-order valence-corrected chi connectivity index (χ2v) is 5.49. The van der Waals surface area contributed by atoms with Crippen molar-refractivity contribution in [3.05, 3.63) is 64.1 Å². The minimum absolute atomic E-state index is 0.0334. The zero-order valence-corrected chi connectivity index (χ0v) is 13.1. The molecule has 2 amide bonds. The summed E-state index contributed by atoms with van der Waals surface area (Å²) in [6.45, 7) is 1.93. The number of urea groups is 1. The molecule has 0 fully saturated rings. The normalized spacial score (nSPS) is 10.0. The standard InChI is InChI=1S/C16H15BrN2O2/c1-11(20)13-3-2-4-15(9-13)19-16(21)18-10-12-5-7-14(17)8-6-12/h2-9H,10H2,1H3,(H2,18,19,21). The maximum absolute atomic E-state index is 11.8. The summed E-state index contributed by atoms with van der Waals surface area (Å²) < 4.78 is 0.997. The van der Waals surface area contributed by atoms with Gasteiger partial charge in [0.25, 0.3) is 0 Å². The van der Waals surface area contributed by atoms with Crippen molar-refractivity contribution in [1.29, 1.82) is 0 Å². The third kappa shape index (κ3) is 4.72. The lowest BCUT2D eigenvalue weighted by Gasteiger charge is -2.08. The smallest absolute Gasteiger partial charge is 0.319 e. The molecular formula is C16H15BrN2O2. The second-order valence-electron chi connectivity index (χ2n) is 4.57. The van der Waals surface area contributed by atoms with E-state index in [2.05, 4.69) is 26.6 Å².